The molecule has 0 spiro atoms. The molecule has 1 aromatic carbocycles. The Morgan fingerprint density at radius 1 is 1.08 bits per heavy atom. The number of pyridine rings is 1. The van der Waals surface area contributed by atoms with Crippen molar-refractivity contribution in [1.29, 1.82) is 0 Å². The summed E-state index contributed by atoms with van der Waals surface area (Å²) in [5.74, 6) is 0.162. The lowest BCUT2D eigenvalue weighted by molar-refractivity contribution is -0.140. The van der Waals surface area contributed by atoms with Crippen LogP contribution in [0.3, 0.4) is 0 Å². The van der Waals surface area contributed by atoms with Gasteiger partial charge in [0.15, 0.2) is 12.1 Å². The van der Waals surface area contributed by atoms with Crippen molar-refractivity contribution in [3.05, 3.63) is 65.5 Å². The number of carbonyl (C=O) groups excluding carboxylic acids is 1. The molecule has 1 aromatic heterocycles. The molecule has 0 atom stereocenters. The molecule has 2 rings (SSSR count). The molecule has 0 aliphatic carbocycles. The summed E-state index contributed by atoms with van der Waals surface area (Å²) in [7, 11) is 0. The number of aromatic nitrogens is 1. The maximum Gasteiger partial charge on any atom is 0.183 e. The smallest absolute Gasteiger partial charge is 0.183 e. The van der Waals surface area contributed by atoms with Gasteiger partial charge in [-0.15, -0.1) is 0 Å². The first kappa shape index (κ1) is 18.3. The highest BCUT2D eigenvalue weighted by molar-refractivity contribution is 5.96. The van der Waals surface area contributed by atoms with Gasteiger partial charge in [-0.1, -0.05) is 30.3 Å². The van der Waals surface area contributed by atoms with E-state index in [0.29, 0.717) is 19.6 Å². The van der Waals surface area contributed by atoms with Gasteiger partial charge in [-0.3, -0.25) is 9.78 Å². The van der Waals surface area contributed by atoms with Crippen LogP contribution in [0, 0.1) is 0 Å². The summed E-state index contributed by atoms with van der Waals surface area (Å²) in [5.41, 5.74) is 2.83. The van der Waals surface area contributed by atoms with Gasteiger partial charge >= 0.3 is 0 Å². The number of nitrogens with zero attached hydrogens (tertiary/aromatic N) is 1. The Kier molecular flexibility index (Phi) is 7.59. The van der Waals surface area contributed by atoms with Crippen LogP contribution in [-0.4, -0.2) is 24.0 Å². The average molecular weight is 327 g/mol. The van der Waals surface area contributed by atoms with Crippen molar-refractivity contribution in [2.24, 2.45) is 0 Å². The van der Waals surface area contributed by atoms with Gasteiger partial charge in [0.05, 0.1) is 0 Å². The third-order valence-corrected chi connectivity index (χ3v) is 3.73. The first-order valence-corrected chi connectivity index (χ1v) is 8.49. The minimum absolute atomic E-state index is 0.162. The van der Waals surface area contributed by atoms with E-state index in [0.717, 1.165) is 29.5 Å². The van der Waals surface area contributed by atoms with Crippen LogP contribution in [0.2, 0.25) is 0 Å². The maximum atomic E-state index is 12.3. The second-order valence-corrected chi connectivity index (χ2v) is 5.50. The van der Waals surface area contributed by atoms with Crippen LogP contribution in [0.4, 0.5) is 0 Å². The normalized spacial score (nSPS) is 11.0. The molecule has 0 saturated carbocycles. The molecule has 2 aromatic rings. The number of ketones is 1. The molecule has 0 aliphatic rings. The molecular weight excluding hydrogens is 302 g/mol. The first-order chi connectivity index (χ1) is 11.7. The Bertz CT molecular complexity index is 605. The highest BCUT2D eigenvalue weighted by atomic mass is 16.7. The van der Waals surface area contributed by atoms with Crippen molar-refractivity contribution >= 4 is 5.78 Å². The van der Waals surface area contributed by atoms with Gasteiger partial charge in [0.1, 0.15) is 0 Å². The summed E-state index contributed by atoms with van der Waals surface area (Å²) in [6, 6.07) is 11.5. The van der Waals surface area contributed by atoms with Crippen molar-refractivity contribution in [3.63, 3.8) is 0 Å². The molecule has 0 bridgehead atoms. The largest absolute Gasteiger partial charge is 0.349 e. The topological polar surface area (TPSA) is 48.4 Å². The molecule has 0 radical (unpaired) electrons. The lowest BCUT2D eigenvalue weighted by atomic mass is 10.0. The summed E-state index contributed by atoms with van der Waals surface area (Å²) >= 11 is 0. The summed E-state index contributed by atoms with van der Waals surface area (Å²) in [5, 5.41) is 0. The number of Topliss-reactive ketones (excluding diaryl/α,β-unsaturated/α-hetero) is 1. The number of rotatable bonds is 10. The lowest BCUT2D eigenvalue weighted by Crippen LogP contribution is -2.09. The fourth-order valence-electron chi connectivity index (χ4n) is 2.51. The molecule has 0 unspecified atom stereocenters. The number of ether oxygens (including phenoxy) is 2. The molecule has 0 aliphatic heterocycles. The van der Waals surface area contributed by atoms with E-state index in [2.05, 4.69) is 4.98 Å². The van der Waals surface area contributed by atoms with Gasteiger partial charge in [0.2, 0.25) is 0 Å². The van der Waals surface area contributed by atoms with E-state index in [9.17, 15) is 4.79 Å². The molecular formula is C20H25NO3. The van der Waals surface area contributed by atoms with Crippen LogP contribution in [-0.2, 0) is 15.9 Å². The van der Waals surface area contributed by atoms with E-state index in [-0.39, 0.29) is 12.1 Å². The number of hydrogen-bond acceptors (Lipinski definition) is 4. The van der Waals surface area contributed by atoms with Crippen LogP contribution < -0.4 is 0 Å². The quantitative estimate of drug-likeness (QED) is 0.480. The van der Waals surface area contributed by atoms with Crippen LogP contribution in [0.1, 0.15) is 54.5 Å². The fourth-order valence-corrected chi connectivity index (χ4v) is 2.51. The van der Waals surface area contributed by atoms with Crippen molar-refractivity contribution in [3.8, 4) is 0 Å². The van der Waals surface area contributed by atoms with Crippen LogP contribution in [0.25, 0.3) is 0 Å². The fraction of sp³-hybridized carbons (Fsp3) is 0.400. The zero-order valence-electron chi connectivity index (χ0n) is 14.4. The molecule has 1 heterocycles. The summed E-state index contributed by atoms with van der Waals surface area (Å²) in [6.07, 6.45) is 5.47. The predicted octanol–water partition coefficient (Wildman–Crippen LogP) is 4.36. The highest BCUT2D eigenvalue weighted by Gasteiger charge is 2.12. The van der Waals surface area contributed by atoms with Gasteiger partial charge in [-0.2, -0.15) is 0 Å². The Labute approximate surface area is 143 Å². The summed E-state index contributed by atoms with van der Waals surface area (Å²) in [4.78, 5) is 16.4. The number of carbonyl (C=O) groups is 1. The highest BCUT2D eigenvalue weighted by Crippen LogP contribution is 2.20. The monoisotopic (exact) mass is 327 g/mol. The SMILES string of the molecule is CCOC(OCC)c1ccc(C(=O)CCCc2cccnc2)cc1. The molecule has 128 valence electrons. The Morgan fingerprint density at radius 2 is 1.79 bits per heavy atom. The van der Waals surface area contributed by atoms with Gasteiger partial charge in [0, 0.05) is 43.2 Å². The minimum Gasteiger partial charge on any atom is -0.349 e. The maximum absolute atomic E-state index is 12.3. The lowest BCUT2D eigenvalue weighted by Gasteiger charge is -2.17. The first-order valence-electron chi connectivity index (χ1n) is 8.49. The number of benzene rings is 1. The van der Waals surface area contributed by atoms with Gasteiger partial charge in [-0.05, 0) is 38.3 Å². The van der Waals surface area contributed by atoms with Crippen molar-refractivity contribution in [2.75, 3.05) is 13.2 Å². The van der Waals surface area contributed by atoms with Crippen LogP contribution in [0.5, 0.6) is 0 Å². The molecule has 24 heavy (non-hydrogen) atoms. The third kappa shape index (κ3) is 5.55. The molecule has 0 amide bonds. The minimum atomic E-state index is -0.366. The molecule has 0 saturated heterocycles. The van der Waals surface area contributed by atoms with E-state index in [1.54, 1.807) is 6.20 Å². The average Bonchev–Trinajstić information content (AvgIpc) is 2.62. The van der Waals surface area contributed by atoms with E-state index in [4.69, 9.17) is 9.47 Å². The molecule has 4 heteroatoms. The summed E-state index contributed by atoms with van der Waals surface area (Å²) < 4.78 is 11.1. The molecule has 0 N–H and O–H groups in total. The second kappa shape index (κ2) is 9.96. The molecule has 0 fully saturated rings. The van der Waals surface area contributed by atoms with Crippen molar-refractivity contribution in [2.45, 2.75) is 39.4 Å². The predicted molar refractivity (Wildman–Crippen MR) is 93.9 cm³/mol. The second-order valence-electron chi connectivity index (χ2n) is 5.50. The van der Waals surface area contributed by atoms with Gasteiger partial charge in [-0.25, -0.2) is 0 Å². The van der Waals surface area contributed by atoms with Crippen molar-refractivity contribution < 1.29 is 14.3 Å². The van der Waals surface area contributed by atoms with Gasteiger partial charge < -0.3 is 9.47 Å². The van der Waals surface area contributed by atoms with E-state index in [1.807, 2.05) is 56.4 Å². The Balaban J connectivity index is 1.88. The van der Waals surface area contributed by atoms with Crippen LogP contribution in [0.15, 0.2) is 48.8 Å². The van der Waals surface area contributed by atoms with E-state index in [1.165, 1.54) is 0 Å². The number of hydrogen-bond donors (Lipinski definition) is 0. The Hall–Kier alpha value is -2.04. The molecule has 4 nitrogen and oxygen atoms in total. The number of aryl methyl sites for hydroxylation is 1. The third-order valence-electron chi connectivity index (χ3n) is 3.73. The zero-order valence-corrected chi connectivity index (χ0v) is 14.4. The van der Waals surface area contributed by atoms with E-state index >= 15 is 0 Å². The zero-order chi connectivity index (χ0) is 17.2. The van der Waals surface area contributed by atoms with E-state index < -0.39 is 0 Å². The Morgan fingerprint density at radius 3 is 2.38 bits per heavy atom. The van der Waals surface area contributed by atoms with Gasteiger partial charge in [0.25, 0.3) is 0 Å². The van der Waals surface area contributed by atoms with Crippen LogP contribution >= 0.6 is 0 Å². The standard InChI is InChI=1S/C20H25NO3/c1-3-23-20(24-4-2)18-12-10-17(11-13-18)19(22)9-5-7-16-8-6-14-21-15-16/h6,8,10-15,20H,3-5,7,9H2,1-2H3. The van der Waals surface area contributed by atoms with Crippen molar-refractivity contribution in [1.82, 2.24) is 4.98 Å². The summed E-state index contributed by atoms with van der Waals surface area (Å²) in [6.45, 7) is 5.04.